The van der Waals surface area contributed by atoms with E-state index >= 15 is 0 Å². The number of carbonyl (C=O) groups excluding carboxylic acids is 1. The van der Waals surface area contributed by atoms with Crippen LogP contribution >= 0.6 is 0 Å². The molecule has 1 amide bonds. The van der Waals surface area contributed by atoms with Gasteiger partial charge in [-0.2, -0.15) is 10.4 Å². The van der Waals surface area contributed by atoms with Gasteiger partial charge in [-0.05, 0) is 55.0 Å². The smallest absolute Gasteiger partial charge is 0.280 e. The molecule has 7 heteroatoms. The van der Waals surface area contributed by atoms with E-state index in [2.05, 4.69) is 10.5 Å². The van der Waals surface area contributed by atoms with Crippen molar-refractivity contribution in [1.82, 2.24) is 5.43 Å². The fraction of sp³-hybridized carbons (Fsp3) is 0.167. The molecular formula is C18H16FN3O3. The van der Waals surface area contributed by atoms with Crippen LogP contribution in [-0.2, 0) is 4.79 Å². The van der Waals surface area contributed by atoms with Crippen molar-refractivity contribution in [2.45, 2.75) is 13.0 Å². The van der Waals surface area contributed by atoms with Crippen LogP contribution in [0.1, 0.15) is 18.1 Å². The van der Waals surface area contributed by atoms with Gasteiger partial charge in [0.2, 0.25) is 0 Å². The van der Waals surface area contributed by atoms with Crippen molar-refractivity contribution >= 4 is 12.1 Å². The van der Waals surface area contributed by atoms with Gasteiger partial charge in [-0.25, -0.2) is 9.82 Å². The minimum atomic E-state index is -0.794. The summed E-state index contributed by atoms with van der Waals surface area (Å²) in [6.45, 7) is 1.57. The number of ether oxygens (including phenoxy) is 2. The van der Waals surface area contributed by atoms with Crippen molar-refractivity contribution in [3.63, 3.8) is 0 Å². The second-order valence-electron chi connectivity index (χ2n) is 5.02. The van der Waals surface area contributed by atoms with Gasteiger partial charge < -0.3 is 9.47 Å². The van der Waals surface area contributed by atoms with Crippen LogP contribution in [0.4, 0.5) is 4.39 Å². The van der Waals surface area contributed by atoms with Gasteiger partial charge in [0.25, 0.3) is 5.91 Å². The van der Waals surface area contributed by atoms with Gasteiger partial charge in [0.05, 0.1) is 25.0 Å². The summed E-state index contributed by atoms with van der Waals surface area (Å²) in [4.78, 5) is 11.9. The van der Waals surface area contributed by atoms with Crippen molar-refractivity contribution in [3.05, 3.63) is 59.4 Å². The normalized spacial score (nSPS) is 11.6. The number of benzene rings is 2. The van der Waals surface area contributed by atoms with Crippen molar-refractivity contribution in [3.8, 4) is 17.6 Å². The monoisotopic (exact) mass is 341 g/mol. The van der Waals surface area contributed by atoms with E-state index in [9.17, 15) is 9.18 Å². The lowest BCUT2D eigenvalue weighted by Crippen LogP contribution is -2.33. The number of hydrogen-bond acceptors (Lipinski definition) is 5. The molecule has 0 saturated heterocycles. The van der Waals surface area contributed by atoms with Crippen molar-refractivity contribution in [1.29, 1.82) is 5.26 Å². The summed E-state index contributed by atoms with van der Waals surface area (Å²) in [5.41, 5.74) is 3.29. The maximum atomic E-state index is 13.5. The Kier molecular flexibility index (Phi) is 6.07. The van der Waals surface area contributed by atoms with E-state index in [0.717, 1.165) is 0 Å². The maximum Gasteiger partial charge on any atom is 0.280 e. The zero-order valence-electron chi connectivity index (χ0n) is 13.7. The highest BCUT2D eigenvalue weighted by atomic mass is 19.1. The van der Waals surface area contributed by atoms with Gasteiger partial charge >= 0.3 is 0 Å². The SMILES string of the molecule is COc1ccc(/C=N\NC(=O)[C@@H](C)Oc2ccc(C#N)cc2)cc1F. The molecule has 1 N–H and O–H groups in total. The molecule has 0 spiro atoms. The number of nitrogens with one attached hydrogen (secondary N) is 1. The summed E-state index contributed by atoms with van der Waals surface area (Å²) >= 11 is 0. The molecule has 0 heterocycles. The van der Waals surface area contributed by atoms with Crippen LogP contribution < -0.4 is 14.9 Å². The van der Waals surface area contributed by atoms with Gasteiger partial charge in [0, 0.05) is 0 Å². The Morgan fingerprint density at radius 1 is 1.32 bits per heavy atom. The van der Waals surface area contributed by atoms with Gasteiger partial charge in [0.1, 0.15) is 5.75 Å². The minimum Gasteiger partial charge on any atom is -0.494 e. The average Bonchev–Trinajstić information content (AvgIpc) is 2.62. The Bertz CT molecular complexity index is 813. The molecule has 0 bridgehead atoms. The molecule has 2 aromatic rings. The summed E-state index contributed by atoms with van der Waals surface area (Å²) in [6, 6.07) is 12.7. The molecule has 0 fully saturated rings. The second kappa shape index (κ2) is 8.45. The first kappa shape index (κ1) is 17.9. The number of amides is 1. The highest BCUT2D eigenvalue weighted by Crippen LogP contribution is 2.16. The highest BCUT2D eigenvalue weighted by molar-refractivity contribution is 5.84. The first-order chi connectivity index (χ1) is 12.0. The number of nitrogens with zero attached hydrogens (tertiary/aromatic N) is 2. The molecule has 2 rings (SSSR count). The Labute approximate surface area is 144 Å². The summed E-state index contributed by atoms with van der Waals surface area (Å²) in [7, 11) is 1.38. The molecule has 0 aliphatic rings. The first-order valence-corrected chi connectivity index (χ1v) is 7.36. The van der Waals surface area contributed by atoms with Crippen LogP contribution in [0.2, 0.25) is 0 Å². The van der Waals surface area contributed by atoms with Gasteiger partial charge in [-0.15, -0.1) is 0 Å². The van der Waals surface area contributed by atoms with Crippen LogP contribution in [0.3, 0.4) is 0 Å². The molecule has 25 heavy (non-hydrogen) atoms. The number of halogens is 1. The van der Waals surface area contributed by atoms with E-state index in [-0.39, 0.29) is 5.75 Å². The molecular weight excluding hydrogens is 325 g/mol. The largest absolute Gasteiger partial charge is 0.494 e. The van der Waals surface area contributed by atoms with E-state index in [1.165, 1.54) is 25.5 Å². The molecule has 128 valence electrons. The van der Waals surface area contributed by atoms with Crippen LogP contribution in [0.5, 0.6) is 11.5 Å². The maximum absolute atomic E-state index is 13.5. The lowest BCUT2D eigenvalue weighted by Gasteiger charge is -2.12. The lowest BCUT2D eigenvalue weighted by atomic mass is 10.2. The van der Waals surface area contributed by atoms with E-state index in [0.29, 0.717) is 16.9 Å². The summed E-state index contributed by atoms with van der Waals surface area (Å²) in [5.74, 6) is -0.390. The van der Waals surface area contributed by atoms with E-state index in [4.69, 9.17) is 14.7 Å². The molecule has 2 aromatic carbocycles. The molecule has 0 saturated carbocycles. The van der Waals surface area contributed by atoms with E-state index < -0.39 is 17.8 Å². The molecule has 0 unspecified atom stereocenters. The quantitative estimate of drug-likeness (QED) is 0.647. The molecule has 0 radical (unpaired) electrons. The Balaban J connectivity index is 1.90. The summed E-state index contributed by atoms with van der Waals surface area (Å²) < 4.78 is 23.8. The fourth-order valence-electron chi connectivity index (χ4n) is 1.89. The fourth-order valence-corrected chi connectivity index (χ4v) is 1.89. The number of carbonyl (C=O) groups is 1. The predicted octanol–water partition coefficient (Wildman–Crippen LogP) is 2.62. The number of hydrazone groups is 1. The van der Waals surface area contributed by atoms with Crippen molar-refractivity contribution < 1.29 is 18.7 Å². The zero-order chi connectivity index (χ0) is 18.2. The minimum absolute atomic E-state index is 0.130. The zero-order valence-corrected chi connectivity index (χ0v) is 13.7. The number of hydrogen-bond donors (Lipinski definition) is 1. The number of methoxy groups -OCH3 is 1. The second-order valence-corrected chi connectivity index (χ2v) is 5.02. The standard InChI is InChI=1S/C18H16FN3O3/c1-12(25-15-6-3-13(10-20)4-7-15)18(23)22-21-11-14-5-8-17(24-2)16(19)9-14/h3-9,11-12H,1-2H3,(H,22,23)/b21-11-/t12-/m1/s1. The number of nitriles is 1. The Hall–Kier alpha value is -3.40. The molecule has 1 atom stereocenters. The van der Waals surface area contributed by atoms with Gasteiger partial charge in [0.15, 0.2) is 17.7 Å². The third-order valence-electron chi connectivity index (χ3n) is 3.23. The lowest BCUT2D eigenvalue weighted by molar-refractivity contribution is -0.127. The van der Waals surface area contributed by atoms with Crippen molar-refractivity contribution in [2.24, 2.45) is 5.10 Å². The van der Waals surface area contributed by atoms with Crippen LogP contribution in [-0.4, -0.2) is 25.3 Å². The van der Waals surface area contributed by atoms with Crippen LogP contribution in [0, 0.1) is 17.1 Å². The third kappa shape index (κ3) is 5.04. The Morgan fingerprint density at radius 3 is 2.64 bits per heavy atom. The van der Waals surface area contributed by atoms with Gasteiger partial charge in [-0.1, -0.05) is 0 Å². The highest BCUT2D eigenvalue weighted by Gasteiger charge is 2.13. The average molecular weight is 341 g/mol. The van der Waals surface area contributed by atoms with Crippen molar-refractivity contribution in [2.75, 3.05) is 7.11 Å². The van der Waals surface area contributed by atoms with E-state index in [1.807, 2.05) is 6.07 Å². The molecule has 0 aromatic heterocycles. The molecule has 0 aliphatic heterocycles. The van der Waals surface area contributed by atoms with Crippen LogP contribution in [0.15, 0.2) is 47.6 Å². The number of rotatable bonds is 6. The van der Waals surface area contributed by atoms with E-state index in [1.54, 1.807) is 37.3 Å². The van der Waals surface area contributed by atoms with Crippen LogP contribution in [0.25, 0.3) is 0 Å². The first-order valence-electron chi connectivity index (χ1n) is 7.36. The summed E-state index contributed by atoms with van der Waals surface area (Å²) in [6.07, 6.45) is 0.521. The van der Waals surface area contributed by atoms with Gasteiger partial charge in [-0.3, -0.25) is 4.79 Å². The molecule has 0 aliphatic carbocycles. The third-order valence-corrected chi connectivity index (χ3v) is 3.23. The topological polar surface area (TPSA) is 83.7 Å². The Morgan fingerprint density at radius 2 is 2.04 bits per heavy atom. The molecule has 6 nitrogen and oxygen atoms in total. The predicted molar refractivity (Wildman–Crippen MR) is 89.9 cm³/mol. The summed E-state index contributed by atoms with van der Waals surface area (Å²) in [5, 5.41) is 12.5.